The summed E-state index contributed by atoms with van der Waals surface area (Å²) in [4.78, 5) is 0. The van der Waals surface area contributed by atoms with Gasteiger partial charge in [-0.05, 0) is 41.2 Å². The molecule has 0 unspecified atom stereocenters. The lowest BCUT2D eigenvalue weighted by Gasteiger charge is -2.07. The molecule has 0 saturated heterocycles. The van der Waals surface area contributed by atoms with Crippen LogP contribution in [0.2, 0.25) is 0 Å². The lowest BCUT2D eigenvalue weighted by Crippen LogP contribution is -1.90. The molecule has 17 heavy (non-hydrogen) atoms. The molecule has 0 bridgehead atoms. The van der Waals surface area contributed by atoms with Crippen molar-refractivity contribution in [1.29, 1.82) is 0 Å². The molecule has 0 spiro atoms. The molecule has 0 saturated carbocycles. The zero-order chi connectivity index (χ0) is 12.3. The molecule has 0 amide bonds. The predicted molar refractivity (Wildman–Crippen MR) is 71.4 cm³/mol. The van der Waals surface area contributed by atoms with Crippen LogP contribution in [-0.4, -0.2) is 5.11 Å². The summed E-state index contributed by atoms with van der Waals surface area (Å²) in [6.07, 6.45) is 0.915. The second-order valence-corrected chi connectivity index (χ2v) is 4.74. The quantitative estimate of drug-likeness (QED) is 0.835. The van der Waals surface area contributed by atoms with E-state index < -0.39 is 0 Å². The Morgan fingerprint density at radius 3 is 1.76 bits per heavy atom. The lowest BCUT2D eigenvalue weighted by molar-refractivity contribution is 0.475. The Morgan fingerprint density at radius 2 is 1.29 bits per heavy atom. The lowest BCUT2D eigenvalue weighted by atomic mass is 9.99. The fourth-order valence-corrected chi connectivity index (χ4v) is 1.87. The Kier molecular flexibility index (Phi) is 3.48. The molecule has 0 radical (unpaired) electrons. The Hall–Kier alpha value is -1.76. The van der Waals surface area contributed by atoms with Crippen LogP contribution < -0.4 is 0 Å². The molecule has 0 aliphatic rings. The summed E-state index contributed by atoms with van der Waals surface area (Å²) in [6, 6.07) is 16.2. The predicted octanol–water partition coefficient (Wildman–Crippen LogP) is 4.11. The number of phenolic OH excluding ortho intramolecular Hbond substituents is 1. The number of benzene rings is 2. The molecule has 0 aromatic heterocycles. The van der Waals surface area contributed by atoms with Crippen molar-refractivity contribution < 1.29 is 5.11 Å². The first-order chi connectivity index (χ1) is 8.15. The highest BCUT2D eigenvalue weighted by molar-refractivity contribution is 5.32. The first-order valence-electron chi connectivity index (χ1n) is 6.02. The first kappa shape index (κ1) is 11.7. The molecular formula is C16H18O. The van der Waals surface area contributed by atoms with Crippen molar-refractivity contribution in [2.45, 2.75) is 26.2 Å². The molecule has 88 valence electrons. The molecule has 0 atom stereocenters. The summed E-state index contributed by atoms with van der Waals surface area (Å²) < 4.78 is 0. The van der Waals surface area contributed by atoms with Crippen LogP contribution in [0.15, 0.2) is 48.5 Å². The molecular weight excluding hydrogens is 208 g/mol. The van der Waals surface area contributed by atoms with Gasteiger partial charge in [0, 0.05) is 0 Å². The van der Waals surface area contributed by atoms with Crippen LogP contribution in [0.4, 0.5) is 0 Å². The van der Waals surface area contributed by atoms with E-state index in [9.17, 15) is 5.11 Å². The van der Waals surface area contributed by atoms with Crippen LogP contribution >= 0.6 is 0 Å². The normalized spacial score (nSPS) is 10.8. The van der Waals surface area contributed by atoms with Crippen LogP contribution in [0.5, 0.6) is 5.75 Å². The third kappa shape index (κ3) is 3.10. The smallest absolute Gasteiger partial charge is 0.115 e. The Bertz CT molecular complexity index is 466. The summed E-state index contributed by atoms with van der Waals surface area (Å²) in [5.41, 5.74) is 3.90. The number of rotatable bonds is 3. The van der Waals surface area contributed by atoms with Gasteiger partial charge in [-0.2, -0.15) is 0 Å². The largest absolute Gasteiger partial charge is 0.508 e. The van der Waals surface area contributed by atoms with Crippen molar-refractivity contribution in [2.75, 3.05) is 0 Å². The molecule has 0 heterocycles. The van der Waals surface area contributed by atoms with E-state index >= 15 is 0 Å². The molecule has 0 aliphatic heterocycles. The number of aromatic hydroxyl groups is 1. The number of phenols is 1. The van der Waals surface area contributed by atoms with Crippen LogP contribution in [0, 0.1) is 0 Å². The van der Waals surface area contributed by atoms with E-state index in [1.807, 2.05) is 12.1 Å². The molecule has 0 aliphatic carbocycles. The fourth-order valence-electron chi connectivity index (χ4n) is 1.87. The van der Waals surface area contributed by atoms with Crippen molar-refractivity contribution in [3.63, 3.8) is 0 Å². The second-order valence-electron chi connectivity index (χ2n) is 4.74. The Labute approximate surface area is 103 Å². The van der Waals surface area contributed by atoms with E-state index in [2.05, 4.69) is 38.1 Å². The maximum atomic E-state index is 9.22. The van der Waals surface area contributed by atoms with Crippen LogP contribution in [0.3, 0.4) is 0 Å². The van der Waals surface area contributed by atoms with Gasteiger partial charge in [0.25, 0.3) is 0 Å². The van der Waals surface area contributed by atoms with Gasteiger partial charge in [0.2, 0.25) is 0 Å². The number of hydrogen-bond acceptors (Lipinski definition) is 1. The molecule has 2 aromatic rings. The van der Waals surface area contributed by atoms with Crippen LogP contribution in [0.1, 0.15) is 36.5 Å². The highest BCUT2D eigenvalue weighted by Crippen LogP contribution is 2.17. The third-order valence-corrected chi connectivity index (χ3v) is 2.99. The average Bonchev–Trinajstić information content (AvgIpc) is 2.33. The molecule has 1 heteroatoms. The van der Waals surface area contributed by atoms with Crippen molar-refractivity contribution in [1.82, 2.24) is 0 Å². The van der Waals surface area contributed by atoms with Gasteiger partial charge in [0.05, 0.1) is 0 Å². The zero-order valence-corrected chi connectivity index (χ0v) is 10.4. The number of hydrogen-bond donors (Lipinski definition) is 1. The van der Waals surface area contributed by atoms with Crippen LogP contribution in [-0.2, 0) is 6.42 Å². The fraction of sp³-hybridized carbons (Fsp3) is 0.250. The summed E-state index contributed by atoms with van der Waals surface area (Å²) in [5, 5.41) is 9.22. The maximum absolute atomic E-state index is 9.22. The topological polar surface area (TPSA) is 20.2 Å². The maximum Gasteiger partial charge on any atom is 0.115 e. The summed E-state index contributed by atoms with van der Waals surface area (Å²) in [5.74, 6) is 0.904. The molecule has 2 rings (SSSR count). The van der Waals surface area contributed by atoms with Gasteiger partial charge in [-0.25, -0.2) is 0 Å². The minimum absolute atomic E-state index is 0.323. The van der Waals surface area contributed by atoms with E-state index in [4.69, 9.17) is 0 Å². The summed E-state index contributed by atoms with van der Waals surface area (Å²) in [7, 11) is 0. The van der Waals surface area contributed by atoms with E-state index in [-0.39, 0.29) is 0 Å². The molecule has 1 N–H and O–H groups in total. The zero-order valence-electron chi connectivity index (χ0n) is 10.4. The Morgan fingerprint density at radius 1 is 0.824 bits per heavy atom. The van der Waals surface area contributed by atoms with Gasteiger partial charge in [-0.3, -0.25) is 0 Å². The minimum atomic E-state index is 0.323. The summed E-state index contributed by atoms with van der Waals surface area (Å²) in [6.45, 7) is 4.41. The van der Waals surface area contributed by atoms with Crippen molar-refractivity contribution in [3.05, 3.63) is 65.2 Å². The standard InChI is InChI=1S/C16H18O/c1-12(2)15-7-3-13(4-8-15)11-14-5-9-16(17)10-6-14/h3-10,12,17H,11H2,1-2H3. The molecule has 1 nitrogen and oxygen atoms in total. The van der Waals surface area contributed by atoms with E-state index in [0.29, 0.717) is 11.7 Å². The van der Waals surface area contributed by atoms with Crippen molar-refractivity contribution in [2.24, 2.45) is 0 Å². The third-order valence-electron chi connectivity index (χ3n) is 2.99. The van der Waals surface area contributed by atoms with Gasteiger partial charge < -0.3 is 5.11 Å². The first-order valence-corrected chi connectivity index (χ1v) is 6.02. The van der Waals surface area contributed by atoms with E-state index in [0.717, 1.165) is 6.42 Å². The SMILES string of the molecule is CC(C)c1ccc(Cc2ccc(O)cc2)cc1. The summed E-state index contributed by atoms with van der Waals surface area (Å²) >= 11 is 0. The van der Waals surface area contributed by atoms with Gasteiger partial charge in [0.15, 0.2) is 0 Å². The van der Waals surface area contributed by atoms with Crippen molar-refractivity contribution >= 4 is 0 Å². The highest BCUT2D eigenvalue weighted by atomic mass is 16.3. The second kappa shape index (κ2) is 5.05. The monoisotopic (exact) mass is 226 g/mol. The van der Waals surface area contributed by atoms with E-state index in [1.54, 1.807) is 12.1 Å². The van der Waals surface area contributed by atoms with Gasteiger partial charge in [-0.15, -0.1) is 0 Å². The van der Waals surface area contributed by atoms with E-state index in [1.165, 1.54) is 16.7 Å². The van der Waals surface area contributed by atoms with Gasteiger partial charge in [0.1, 0.15) is 5.75 Å². The average molecular weight is 226 g/mol. The molecule has 2 aromatic carbocycles. The van der Waals surface area contributed by atoms with Crippen LogP contribution in [0.25, 0.3) is 0 Å². The highest BCUT2D eigenvalue weighted by Gasteiger charge is 2.00. The Balaban J connectivity index is 2.11. The van der Waals surface area contributed by atoms with Crippen molar-refractivity contribution in [3.8, 4) is 5.75 Å². The minimum Gasteiger partial charge on any atom is -0.508 e. The van der Waals surface area contributed by atoms with Gasteiger partial charge >= 0.3 is 0 Å². The van der Waals surface area contributed by atoms with Gasteiger partial charge in [-0.1, -0.05) is 50.2 Å². The molecule has 0 fully saturated rings.